The molecule has 0 aliphatic carbocycles. The summed E-state index contributed by atoms with van der Waals surface area (Å²) >= 11 is 0. The van der Waals surface area contributed by atoms with Crippen molar-refractivity contribution in [1.82, 2.24) is 10.6 Å². The number of hydrogen-bond acceptors (Lipinski definition) is 11. The number of Topliss-reactive ketones (excluding diaryl/α,β-unsaturated/α-hetero) is 3. The van der Waals surface area contributed by atoms with Crippen molar-refractivity contribution in [1.29, 1.82) is 0 Å². The summed E-state index contributed by atoms with van der Waals surface area (Å²) in [5.41, 5.74) is 5.36. The van der Waals surface area contributed by atoms with Crippen LogP contribution in [-0.4, -0.2) is 105 Å². The standard InChI is InChI=1S/C20H35N3O10/c1-9(27)12(6-24)4-15(30)17(10(2)28)22-19(32)13(7-25)5-16(31)18(11(3)29)23-20(33)14(21)8-26/h10-14,17-18,24-26,28-29H,4-8,21H2,1-3H3,(H,22,32)(H,23,33). The summed E-state index contributed by atoms with van der Waals surface area (Å²) in [5, 5.41) is 51.8. The molecule has 0 heterocycles. The van der Waals surface area contributed by atoms with Crippen molar-refractivity contribution in [3.8, 4) is 0 Å². The molecule has 0 saturated heterocycles. The van der Waals surface area contributed by atoms with E-state index in [2.05, 4.69) is 10.6 Å². The highest BCUT2D eigenvalue weighted by Gasteiger charge is 2.34. The van der Waals surface area contributed by atoms with Crippen LogP contribution in [0.4, 0.5) is 0 Å². The average molecular weight is 478 g/mol. The van der Waals surface area contributed by atoms with Gasteiger partial charge in [0.05, 0.1) is 37.9 Å². The van der Waals surface area contributed by atoms with E-state index in [1.807, 2.05) is 0 Å². The Morgan fingerprint density at radius 2 is 1.12 bits per heavy atom. The first-order chi connectivity index (χ1) is 15.3. The second-order valence-electron chi connectivity index (χ2n) is 7.95. The van der Waals surface area contributed by atoms with E-state index < -0.39 is 104 Å². The molecule has 13 nitrogen and oxygen atoms in total. The lowest BCUT2D eigenvalue weighted by atomic mass is 9.92. The Kier molecular flexibility index (Phi) is 13.8. The highest BCUT2D eigenvalue weighted by molar-refractivity contribution is 5.96. The number of nitrogens with two attached hydrogens (primary N) is 1. The van der Waals surface area contributed by atoms with E-state index in [9.17, 15) is 44.4 Å². The molecule has 0 aliphatic heterocycles. The van der Waals surface area contributed by atoms with E-state index in [1.165, 1.54) is 20.8 Å². The van der Waals surface area contributed by atoms with Crippen LogP contribution in [-0.2, 0) is 24.0 Å². The maximum absolute atomic E-state index is 12.6. The van der Waals surface area contributed by atoms with Crippen molar-refractivity contribution in [2.24, 2.45) is 17.6 Å². The summed E-state index contributed by atoms with van der Waals surface area (Å²) in [6.07, 6.45) is -3.85. The highest BCUT2D eigenvalue weighted by atomic mass is 16.3. The van der Waals surface area contributed by atoms with Crippen LogP contribution in [0, 0.1) is 11.8 Å². The highest BCUT2D eigenvalue weighted by Crippen LogP contribution is 2.12. The molecule has 0 bridgehead atoms. The third kappa shape index (κ3) is 10.0. The monoisotopic (exact) mass is 477 g/mol. The normalized spacial score (nSPS) is 17.6. The fourth-order valence-corrected chi connectivity index (χ4v) is 2.87. The quantitative estimate of drug-likeness (QED) is 0.106. The molecule has 0 rings (SSSR count). The van der Waals surface area contributed by atoms with Gasteiger partial charge in [0.1, 0.15) is 23.9 Å². The summed E-state index contributed by atoms with van der Waals surface area (Å²) in [4.78, 5) is 60.9. The molecule has 33 heavy (non-hydrogen) atoms. The van der Waals surface area contributed by atoms with E-state index in [-0.39, 0.29) is 0 Å². The van der Waals surface area contributed by atoms with Gasteiger partial charge in [0.2, 0.25) is 11.8 Å². The van der Waals surface area contributed by atoms with Gasteiger partial charge in [-0.05, 0) is 20.8 Å². The minimum Gasteiger partial charge on any atom is -0.396 e. The average Bonchev–Trinajstić information content (AvgIpc) is 2.75. The molecule has 9 N–H and O–H groups in total. The van der Waals surface area contributed by atoms with Crippen LogP contribution >= 0.6 is 0 Å². The van der Waals surface area contributed by atoms with E-state index in [4.69, 9.17) is 10.8 Å². The first kappa shape index (κ1) is 30.7. The van der Waals surface area contributed by atoms with Crippen LogP contribution in [0.25, 0.3) is 0 Å². The lowest BCUT2D eigenvalue weighted by Crippen LogP contribution is -2.55. The van der Waals surface area contributed by atoms with Gasteiger partial charge in [-0.25, -0.2) is 0 Å². The fraction of sp³-hybridized carbons (Fsp3) is 0.750. The lowest BCUT2D eigenvalue weighted by Gasteiger charge is -2.26. The second-order valence-corrected chi connectivity index (χ2v) is 7.95. The third-order valence-electron chi connectivity index (χ3n) is 5.07. The Morgan fingerprint density at radius 1 is 0.727 bits per heavy atom. The van der Waals surface area contributed by atoms with Gasteiger partial charge >= 0.3 is 0 Å². The van der Waals surface area contributed by atoms with Gasteiger partial charge in [-0.1, -0.05) is 0 Å². The maximum atomic E-state index is 12.6. The molecular weight excluding hydrogens is 442 g/mol. The molecule has 190 valence electrons. The van der Waals surface area contributed by atoms with Crippen LogP contribution in [0.5, 0.6) is 0 Å². The van der Waals surface area contributed by atoms with Crippen molar-refractivity contribution in [3.05, 3.63) is 0 Å². The molecule has 2 amide bonds. The maximum Gasteiger partial charge on any atom is 0.239 e. The molecule has 0 spiro atoms. The van der Waals surface area contributed by atoms with Gasteiger partial charge in [0.15, 0.2) is 11.6 Å². The zero-order valence-electron chi connectivity index (χ0n) is 18.9. The molecule has 0 saturated carbocycles. The summed E-state index contributed by atoms with van der Waals surface area (Å²) in [6, 6.07) is -4.29. The Labute approximate surface area is 191 Å². The topological polar surface area (TPSA) is 237 Å². The zero-order chi connectivity index (χ0) is 25.9. The number of aliphatic hydroxyl groups is 5. The van der Waals surface area contributed by atoms with Crippen LogP contribution < -0.4 is 16.4 Å². The molecule has 0 aliphatic rings. The van der Waals surface area contributed by atoms with Crippen LogP contribution in [0.3, 0.4) is 0 Å². The lowest BCUT2D eigenvalue weighted by molar-refractivity contribution is -0.137. The molecule has 13 heteroatoms. The van der Waals surface area contributed by atoms with E-state index in [0.29, 0.717) is 0 Å². The largest absolute Gasteiger partial charge is 0.396 e. The summed E-state index contributed by atoms with van der Waals surface area (Å²) in [5.74, 6) is -6.28. The minimum absolute atomic E-state index is 0.439. The van der Waals surface area contributed by atoms with Gasteiger partial charge in [0.25, 0.3) is 0 Å². The number of carbonyl (C=O) groups excluding carboxylic acids is 5. The summed E-state index contributed by atoms with van der Waals surface area (Å²) in [6.45, 7) is 1.47. The minimum atomic E-state index is -1.48. The molecule has 7 atom stereocenters. The van der Waals surface area contributed by atoms with Gasteiger partial charge in [-0.2, -0.15) is 0 Å². The van der Waals surface area contributed by atoms with Crippen molar-refractivity contribution in [3.63, 3.8) is 0 Å². The van der Waals surface area contributed by atoms with E-state index in [1.54, 1.807) is 0 Å². The number of ketones is 3. The molecule has 7 unspecified atom stereocenters. The van der Waals surface area contributed by atoms with Gasteiger partial charge in [0, 0.05) is 18.8 Å². The number of carbonyl (C=O) groups is 5. The van der Waals surface area contributed by atoms with Gasteiger partial charge in [-0.3, -0.25) is 24.0 Å². The van der Waals surface area contributed by atoms with Crippen molar-refractivity contribution in [2.75, 3.05) is 19.8 Å². The second kappa shape index (κ2) is 14.8. The fourth-order valence-electron chi connectivity index (χ4n) is 2.87. The molecular formula is C20H35N3O10. The molecule has 0 fully saturated rings. The first-order valence-electron chi connectivity index (χ1n) is 10.4. The number of amides is 2. The Balaban J connectivity index is 5.36. The number of aliphatic hydroxyl groups excluding tert-OH is 5. The molecule has 0 aromatic heterocycles. The predicted octanol–water partition coefficient (Wildman–Crippen LogP) is -4.24. The third-order valence-corrected chi connectivity index (χ3v) is 5.07. The van der Waals surface area contributed by atoms with Gasteiger partial charge < -0.3 is 41.9 Å². The first-order valence-corrected chi connectivity index (χ1v) is 10.4. The summed E-state index contributed by atoms with van der Waals surface area (Å²) in [7, 11) is 0. The smallest absolute Gasteiger partial charge is 0.239 e. The van der Waals surface area contributed by atoms with Gasteiger partial charge in [-0.15, -0.1) is 0 Å². The molecule has 0 aromatic carbocycles. The SMILES string of the molecule is CC(=O)C(CO)CC(=O)C(NC(=O)C(CO)CC(=O)C(NC(=O)C(N)CO)C(C)O)C(C)O. The number of nitrogens with one attached hydrogen (secondary N) is 2. The number of rotatable bonds is 16. The van der Waals surface area contributed by atoms with Crippen molar-refractivity contribution < 1.29 is 49.5 Å². The van der Waals surface area contributed by atoms with Crippen LogP contribution in [0.1, 0.15) is 33.6 Å². The van der Waals surface area contributed by atoms with Crippen LogP contribution in [0.15, 0.2) is 0 Å². The predicted molar refractivity (Wildman–Crippen MR) is 113 cm³/mol. The Hall–Kier alpha value is -2.29. The van der Waals surface area contributed by atoms with Crippen LogP contribution in [0.2, 0.25) is 0 Å². The van der Waals surface area contributed by atoms with E-state index >= 15 is 0 Å². The van der Waals surface area contributed by atoms with Crippen molar-refractivity contribution in [2.45, 2.75) is 63.9 Å². The number of hydrogen-bond donors (Lipinski definition) is 8. The summed E-state index contributed by atoms with van der Waals surface area (Å²) < 4.78 is 0. The molecule has 0 radical (unpaired) electrons. The van der Waals surface area contributed by atoms with E-state index in [0.717, 1.165) is 0 Å². The zero-order valence-corrected chi connectivity index (χ0v) is 18.9. The Morgan fingerprint density at radius 3 is 1.45 bits per heavy atom. The molecule has 0 aromatic rings. The van der Waals surface area contributed by atoms with Crippen molar-refractivity contribution >= 4 is 29.2 Å². The Bertz CT molecular complexity index is 698.